The number of pyridine rings is 1. The van der Waals surface area contributed by atoms with Crippen LogP contribution in [0, 0.1) is 11.6 Å². The van der Waals surface area contributed by atoms with E-state index in [9.17, 15) is 13.6 Å². The molecule has 0 saturated carbocycles. The SMILES string of the molecule is COc1ncc(NC(=O)Nc2ccc(F)cc2F)cc1-c1ccnn1C. The highest BCUT2D eigenvalue weighted by Gasteiger charge is 2.14. The molecule has 3 rings (SSSR count). The summed E-state index contributed by atoms with van der Waals surface area (Å²) < 4.78 is 33.4. The minimum absolute atomic E-state index is 0.141. The molecule has 2 heterocycles. The van der Waals surface area contributed by atoms with Gasteiger partial charge < -0.3 is 15.4 Å². The number of hydrogen-bond acceptors (Lipinski definition) is 4. The number of amides is 2. The molecule has 0 bridgehead atoms. The smallest absolute Gasteiger partial charge is 0.323 e. The Morgan fingerprint density at radius 1 is 1.19 bits per heavy atom. The molecule has 0 fully saturated rings. The third kappa shape index (κ3) is 3.61. The quantitative estimate of drug-likeness (QED) is 0.748. The second-order valence-electron chi connectivity index (χ2n) is 5.32. The first kappa shape index (κ1) is 17.3. The van der Waals surface area contributed by atoms with Gasteiger partial charge in [-0.05, 0) is 24.3 Å². The van der Waals surface area contributed by atoms with Crippen molar-refractivity contribution in [2.75, 3.05) is 17.7 Å². The third-order valence-corrected chi connectivity index (χ3v) is 3.58. The van der Waals surface area contributed by atoms with Gasteiger partial charge in [-0.2, -0.15) is 5.10 Å². The fourth-order valence-corrected chi connectivity index (χ4v) is 2.38. The molecular weight excluding hydrogens is 344 g/mol. The van der Waals surface area contributed by atoms with Gasteiger partial charge in [-0.3, -0.25) is 4.68 Å². The summed E-state index contributed by atoms with van der Waals surface area (Å²) >= 11 is 0. The van der Waals surface area contributed by atoms with Gasteiger partial charge in [0, 0.05) is 19.3 Å². The summed E-state index contributed by atoms with van der Waals surface area (Å²) in [5.41, 5.74) is 1.58. The lowest BCUT2D eigenvalue weighted by Gasteiger charge is -2.12. The fraction of sp³-hybridized carbons (Fsp3) is 0.118. The van der Waals surface area contributed by atoms with Gasteiger partial charge in [0.15, 0.2) is 0 Å². The third-order valence-electron chi connectivity index (χ3n) is 3.58. The second kappa shape index (κ2) is 7.18. The number of urea groups is 1. The standard InChI is InChI=1S/C17H15F2N5O2/c1-24-15(5-6-21-24)12-8-11(9-20-16(12)26-2)22-17(25)23-14-4-3-10(18)7-13(14)19/h3-9H,1-2H3,(H2,22,23,25). The van der Waals surface area contributed by atoms with Gasteiger partial charge >= 0.3 is 6.03 Å². The first-order valence-corrected chi connectivity index (χ1v) is 7.53. The van der Waals surface area contributed by atoms with Crippen molar-refractivity contribution in [3.8, 4) is 17.1 Å². The van der Waals surface area contributed by atoms with Gasteiger partial charge in [0.05, 0.1) is 35.9 Å². The van der Waals surface area contributed by atoms with E-state index in [1.807, 2.05) is 0 Å². The van der Waals surface area contributed by atoms with Crippen LogP contribution in [0.1, 0.15) is 0 Å². The number of aromatic nitrogens is 3. The summed E-state index contributed by atoms with van der Waals surface area (Å²) in [7, 11) is 3.25. The van der Waals surface area contributed by atoms with Crippen LogP contribution in [0.2, 0.25) is 0 Å². The molecule has 0 radical (unpaired) electrons. The Labute approximate surface area is 147 Å². The zero-order valence-corrected chi connectivity index (χ0v) is 14.0. The molecule has 1 aromatic carbocycles. The predicted molar refractivity (Wildman–Crippen MR) is 92.0 cm³/mol. The lowest BCUT2D eigenvalue weighted by Crippen LogP contribution is -2.20. The van der Waals surface area contributed by atoms with E-state index in [0.29, 0.717) is 23.2 Å². The van der Waals surface area contributed by atoms with E-state index in [1.54, 1.807) is 30.1 Å². The molecule has 0 aliphatic rings. The van der Waals surface area contributed by atoms with Gasteiger partial charge in [-0.25, -0.2) is 18.6 Å². The van der Waals surface area contributed by atoms with Crippen LogP contribution in [0.25, 0.3) is 11.3 Å². The molecule has 0 saturated heterocycles. The number of halogens is 2. The molecule has 0 aliphatic heterocycles. The molecule has 0 unspecified atom stereocenters. The molecule has 7 nitrogen and oxygen atoms in total. The predicted octanol–water partition coefficient (Wildman–Crippen LogP) is 3.41. The number of nitrogens with one attached hydrogen (secondary N) is 2. The van der Waals surface area contributed by atoms with E-state index in [4.69, 9.17) is 4.74 Å². The minimum Gasteiger partial charge on any atom is -0.481 e. The zero-order chi connectivity index (χ0) is 18.7. The number of benzene rings is 1. The molecule has 2 aromatic heterocycles. The normalized spacial score (nSPS) is 10.5. The van der Waals surface area contributed by atoms with Crippen LogP contribution in [-0.2, 0) is 7.05 Å². The summed E-state index contributed by atoms with van der Waals surface area (Å²) in [4.78, 5) is 16.2. The van der Waals surface area contributed by atoms with E-state index < -0.39 is 17.7 Å². The highest BCUT2D eigenvalue weighted by atomic mass is 19.1. The zero-order valence-electron chi connectivity index (χ0n) is 14.0. The van der Waals surface area contributed by atoms with Gasteiger partial charge in [0.2, 0.25) is 5.88 Å². The van der Waals surface area contributed by atoms with Crippen LogP contribution in [0.5, 0.6) is 5.88 Å². The number of nitrogens with zero attached hydrogens (tertiary/aromatic N) is 3. The van der Waals surface area contributed by atoms with Gasteiger partial charge in [0.25, 0.3) is 0 Å². The Morgan fingerprint density at radius 3 is 2.65 bits per heavy atom. The maximum Gasteiger partial charge on any atom is 0.323 e. The number of carbonyl (C=O) groups is 1. The van der Waals surface area contributed by atoms with Crippen LogP contribution >= 0.6 is 0 Å². The van der Waals surface area contributed by atoms with E-state index in [-0.39, 0.29) is 5.69 Å². The van der Waals surface area contributed by atoms with E-state index in [2.05, 4.69) is 20.7 Å². The monoisotopic (exact) mass is 359 g/mol. The summed E-state index contributed by atoms with van der Waals surface area (Å²) in [5.74, 6) is -1.23. The number of carbonyl (C=O) groups excluding carboxylic acids is 1. The topological polar surface area (TPSA) is 81.1 Å². The maximum absolute atomic E-state index is 13.6. The average molecular weight is 359 g/mol. The molecular formula is C17H15F2N5O2. The van der Waals surface area contributed by atoms with Crippen molar-refractivity contribution in [2.45, 2.75) is 0 Å². The van der Waals surface area contributed by atoms with Gasteiger partial charge in [-0.1, -0.05) is 0 Å². The Kier molecular flexibility index (Phi) is 4.78. The minimum atomic E-state index is -0.872. The number of rotatable bonds is 4. The number of anilines is 2. The molecule has 2 amide bonds. The van der Waals surface area contributed by atoms with Gasteiger partial charge in [-0.15, -0.1) is 0 Å². The molecule has 3 aromatic rings. The maximum atomic E-state index is 13.6. The highest BCUT2D eigenvalue weighted by molar-refractivity contribution is 6.00. The molecule has 0 aliphatic carbocycles. The number of ether oxygens (including phenoxy) is 1. The van der Waals surface area contributed by atoms with Crippen LogP contribution in [-0.4, -0.2) is 27.9 Å². The summed E-state index contributed by atoms with van der Waals surface area (Å²) in [6.45, 7) is 0. The first-order valence-electron chi connectivity index (χ1n) is 7.53. The first-order chi connectivity index (χ1) is 12.5. The Bertz CT molecular complexity index is 958. The lowest BCUT2D eigenvalue weighted by molar-refractivity contribution is 0.262. The Hall–Kier alpha value is -3.49. The molecule has 134 valence electrons. The highest BCUT2D eigenvalue weighted by Crippen LogP contribution is 2.30. The molecule has 2 N–H and O–H groups in total. The number of aryl methyl sites for hydroxylation is 1. The van der Waals surface area contributed by atoms with Crippen molar-refractivity contribution in [2.24, 2.45) is 7.05 Å². The van der Waals surface area contributed by atoms with Crippen molar-refractivity contribution in [1.82, 2.24) is 14.8 Å². The molecule has 9 heteroatoms. The van der Waals surface area contributed by atoms with Crippen molar-refractivity contribution in [3.63, 3.8) is 0 Å². The van der Waals surface area contributed by atoms with Crippen LogP contribution < -0.4 is 15.4 Å². The van der Waals surface area contributed by atoms with Crippen LogP contribution in [0.15, 0.2) is 42.7 Å². The van der Waals surface area contributed by atoms with Crippen LogP contribution in [0.4, 0.5) is 25.0 Å². The van der Waals surface area contributed by atoms with Gasteiger partial charge in [0.1, 0.15) is 11.6 Å². The molecule has 0 spiro atoms. The van der Waals surface area contributed by atoms with Crippen molar-refractivity contribution >= 4 is 17.4 Å². The van der Waals surface area contributed by atoms with E-state index >= 15 is 0 Å². The van der Waals surface area contributed by atoms with Crippen molar-refractivity contribution in [1.29, 1.82) is 0 Å². The average Bonchev–Trinajstić information content (AvgIpc) is 3.03. The van der Waals surface area contributed by atoms with Crippen molar-refractivity contribution in [3.05, 3.63) is 54.4 Å². The lowest BCUT2D eigenvalue weighted by atomic mass is 10.2. The van der Waals surface area contributed by atoms with E-state index in [0.717, 1.165) is 17.8 Å². The Morgan fingerprint density at radius 2 is 2.00 bits per heavy atom. The van der Waals surface area contributed by atoms with Crippen molar-refractivity contribution < 1.29 is 18.3 Å². The van der Waals surface area contributed by atoms with E-state index in [1.165, 1.54) is 13.3 Å². The fourth-order valence-electron chi connectivity index (χ4n) is 2.38. The number of methoxy groups -OCH3 is 1. The van der Waals surface area contributed by atoms with Crippen LogP contribution in [0.3, 0.4) is 0 Å². The number of hydrogen-bond donors (Lipinski definition) is 2. The molecule has 0 atom stereocenters. The Balaban J connectivity index is 1.81. The largest absolute Gasteiger partial charge is 0.481 e. The molecule has 26 heavy (non-hydrogen) atoms. The summed E-state index contributed by atoms with van der Waals surface area (Å²) in [5, 5.41) is 8.95. The summed E-state index contributed by atoms with van der Waals surface area (Å²) in [6, 6.07) is 5.61. The second-order valence-corrected chi connectivity index (χ2v) is 5.32. The summed E-state index contributed by atoms with van der Waals surface area (Å²) in [6.07, 6.45) is 3.03.